The zero-order valence-corrected chi connectivity index (χ0v) is 7.73. The maximum atomic E-state index is 10.9. The number of benzene rings is 1. The fourth-order valence-corrected chi connectivity index (χ4v) is 1.17. The Morgan fingerprint density at radius 1 is 1.21 bits per heavy atom. The molecule has 0 aliphatic carbocycles. The molecule has 1 aromatic rings. The predicted octanol–water partition coefficient (Wildman–Crippen LogP) is 2.22. The van der Waals surface area contributed by atoms with E-state index in [4.69, 9.17) is 4.74 Å². The van der Waals surface area contributed by atoms with Crippen molar-refractivity contribution < 1.29 is 9.53 Å². The van der Waals surface area contributed by atoms with Crippen molar-refractivity contribution in [1.29, 1.82) is 0 Å². The van der Waals surface area contributed by atoms with Crippen molar-refractivity contribution in [3.05, 3.63) is 42.0 Å². The van der Waals surface area contributed by atoms with Gasteiger partial charge in [0.05, 0.1) is 5.69 Å². The highest BCUT2D eigenvalue weighted by molar-refractivity contribution is 6.11. The molecule has 0 bridgehead atoms. The molecule has 0 spiro atoms. The number of rotatable bonds is 1. The lowest BCUT2D eigenvalue weighted by Gasteiger charge is -1.97. The number of carbonyl (C=O) groups excluding carboxylic acids is 1. The monoisotopic (exact) mass is 187 g/mol. The summed E-state index contributed by atoms with van der Waals surface area (Å²) < 4.78 is 4.90. The minimum Gasteiger partial charge on any atom is -0.404 e. The molecule has 0 amide bonds. The van der Waals surface area contributed by atoms with Gasteiger partial charge < -0.3 is 4.74 Å². The molecule has 1 aliphatic rings. The molecule has 1 heterocycles. The van der Waals surface area contributed by atoms with Crippen molar-refractivity contribution in [2.24, 2.45) is 4.99 Å². The van der Waals surface area contributed by atoms with E-state index in [1.165, 1.54) is 6.08 Å². The molecule has 70 valence electrons. The van der Waals surface area contributed by atoms with Crippen LogP contribution in [0.5, 0.6) is 0 Å². The second-order valence-electron chi connectivity index (χ2n) is 3.00. The Kier molecular flexibility index (Phi) is 2.14. The Bertz CT molecular complexity index is 418. The van der Waals surface area contributed by atoms with Crippen molar-refractivity contribution >= 4 is 17.6 Å². The summed E-state index contributed by atoms with van der Waals surface area (Å²) in [6, 6.07) is 9.39. The van der Waals surface area contributed by atoms with Crippen LogP contribution in [0.25, 0.3) is 0 Å². The van der Waals surface area contributed by atoms with E-state index in [0.29, 0.717) is 5.90 Å². The first-order chi connectivity index (χ1) is 6.75. The van der Waals surface area contributed by atoms with Gasteiger partial charge in [-0.2, -0.15) is 0 Å². The van der Waals surface area contributed by atoms with Crippen LogP contribution in [-0.2, 0) is 9.53 Å². The lowest BCUT2D eigenvalue weighted by Crippen LogP contribution is -2.00. The average Bonchev–Trinajstić information content (AvgIpc) is 2.47. The molecule has 0 atom stereocenters. The highest BCUT2D eigenvalue weighted by Gasteiger charge is 2.17. The number of para-hydroxylation sites is 1. The Morgan fingerprint density at radius 2 is 1.93 bits per heavy atom. The maximum Gasteiger partial charge on any atom is 0.337 e. The molecule has 2 rings (SSSR count). The molecule has 14 heavy (non-hydrogen) atoms. The molecule has 3 nitrogen and oxygen atoms in total. The third kappa shape index (κ3) is 1.71. The maximum absolute atomic E-state index is 10.9. The highest BCUT2D eigenvalue weighted by Crippen LogP contribution is 2.16. The first kappa shape index (κ1) is 8.69. The first-order valence-electron chi connectivity index (χ1n) is 4.30. The number of carbonyl (C=O) groups is 1. The summed E-state index contributed by atoms with van der Waals surface area (Å²) in [5, 5.41) is 0. The van der Waals surface area contributed by atoms with Crippen LogP contribution in [0, 0.1) is 0 Å². The topological polar surface area (TPSA) is 38.7 Å². The van der Waals surface area contributed by atoms with Gasteiger partial charge in [0.2, 0.25) is 5.90 Å². The summed E-state index contributed by atoms with van der Waals surface area (Å²) in [5.41, 5.74) is 1.55. The Hall–Kier alpha value is -1.90. The van der Waals surface area contributed by atoms with Gasteiger partial charge in [-0.05, 0) is 19.1 Å². The standard InChI is InChI=1S/C11H9NO2/c1-8-7-10(13)14-11(8)12-9-5-3-2-4-6-9/h2-7H,1H3. The van der Waals surface area contributed by atoms with Gasteiger partial charge in [-0.3, -0.25) is 0 Å². The zero-order chi connectivity index (χ0) is 9.97. The number of ether oxygens (including phenoxy) is 1. The molecule has 0 radical (unpaired) electrons. The van der Waals surface area contributed by atoms with Gasteiger partial charge in [0.25, 0.3) is 0 Å². The van der Waals surface area contributed by atoms with E-state index in [9.17, 15) is 4.79 Å². The van der Waals surface area contributed by atoms with E-state index in [1.807, 2.05) is 30.3 Å². The van der Waals surface area contributed by atoms with Gasteiger partial charge in [-0.15, -0.1) is 0 Å². The van der Waals surface area contributed by atoms with Gasteiger partial charge >= 0.3 is 5.97 Å². The molecule has 0 fully saturated rings. The number of aliphatic imine (C=N–C) groups is 1. The van der Waals surface area contributed by atoms with Crippen molar-refractivity contribution in [2.75, 3.05) is 0 Å². The summed E-state index contributed by atoms with van der Waals surface area (Å²) in [6.45, 7) is 1.80. The fourth-order valence-electron chi connectivity index (χ4n) is 1.17. The van der Waals surface area contributed by atoms with Crippen LogP contribution >= 0.6 is 0 Å². The number of hydrogen-bond acceptors (Lipinski definition) is 3. The van der Waals surface area contributed by atoms with E-state index in [2.05, 4.69) is 4.99 Å². The Labute approximate surface area is 81.7 Å². The van der Waals surface area contributed by atoms with E-state index >= 15 is 0 Å². The minimum atomic E-state index is -0.350. The lowest BCUT2D eigenvalue weighted by atomic mass is 10.3. The molecule has 0 saturated heterocycles. The molecular formula is C11H9NO2. The van der Waals surface area contributed by atoms with Gasteiger partial charge in [0.1, 0.15) is 0 Å². The number of nitrogens with zero attached hydrogens (tertiary/aromatic N) is 1. The summed E-state index contributed by atoms with van der Waals surface area (Å²) in [4.78, 5) is 15.1. The van der Waals surface area contributed by atoms with Crippen LogP contribution in [0.4, 0.5) is 5.69 Å². The van der Waals surface area contributed by atoms with Crippen LogP contribution < -0.4 is 0 Å². The van der Waals surface area contributed by atoms with Gasteiger partial charge in [0, 0.05) is 11.6 Å². The van der Waals surface area contributed by atoms with Gasteiger partial charge in [0.15, 0.2) is 0 Å². The van der Waals surface area contributed by atoms with Crippen LogP contribution in [0.1, 0.15) is 6.92 Å². The fraction of sp³-hybridized carbons (Fsp3) is 0.0909. The zero-order valence-electron chi connectivity index (χ0n) is 7.73. The quantitative estimate of drug-likeness (QED) is 0.632. The van der Waals surface area contributed by atoms with Crippen LogP contribution in [0.3, 0.4) is 0 Å². The Morgan fingerprint density at radius 3 is 2.50 bits per heavy atom. The molecule has 0 saturated carbocycles. The normalized spacial score (nSPS) is 18.2. The molecule has 3 heteroatoms. The summed E-state index contributed by atoms with van der Waals surface area (Å²) in [5.74, 6) is 0.0402. The lowest BCUT2D eigenvalue weighted by molar-refractivity contribution is -0.129. The molecule has 0 N–H and O–H groups in total. The van der Waals surface area contributed by atoms with E-state index < -0.39 is 0 Å². The van der Waals surface area contributed by atoms with E-state index in [-0.39, 0.29) is 5.97 Å². The van der Waals surface area contributed by atoms with Crippen LogP contribution in [0.2, 0.25) is 0 Å². The third-order valence-electron chi connectivity index (χ3n) is 1.86. The second kappa shape index (κ2) is 3.46. The van der Waals surface area contributed by atoms with Crippen molar-refractivity contribution in [1.82, 2.24) is 0 Å². The van der Waals surface area contributed by atoms with E-state index in [0.717, 1.165) is 11.3 Å². The van der Waals surface area contributed by atoms with Crippen LogP contribution in [0.15, 0.2) is 47.0 Å². The SMILES string of the molecule is CC1=CC(=O)OC1=Nc1ccccc1. The average molecular weight is 187 g/mol. The largest absolute Gasteiger partial charge is 0.404 e. The summed E-state index contributed by atoms with van der Waals surface area (Å²) >= 11 is 0. The smallest absolute Gasteiger partial charge is 0.337 e. The first-order valence-corrected chi connectivity index (χ1v) is 4.30. The van der Waals surface area contributed by atoms with Crippen molar-refractivity contribution in [3.8, 4) is 0 Å². The molecule has 1 aromatic carbocycles. The summed E-state index contributed by atoms with van der Waals surface area (Å²) in [6.07, 6.45) is 1.43. The third-order valence-corrected chi connectivity index (χ3v) is 1.86. The predicted molar refractivity (Wildman–Crippen MR) is 53.4 cm³/mol. The number of cyclic esters (lactones) is 1. The second-order valence-corrected chi connectivity index (χ2v) is 3.00. The molecule has 0 aromatic heterocycles. The summed E-state index contributed by atoms with van der Waals surface area (Å²) in [7, 11) is 0. The van der Waals surface area contributed by atoms with Crippen molar-refractivity contribution in [2.45, 2.75) is 6.92 Å². The molecule has 1 aliphatic heterocycles. The van der Waals surface area contributed by atoms with E-state index in [1.54, 1.807) is 6.92 Å². The van der Waals surface area contributed by atoms with Crippen LogP contribution in [-0.4, -0.2) is 11.9 Å². The number of hydrogen-bond donors (Lipinski definition) is 0. The van der Waals surface area contributed by atoms with Gasteiger partial charge in [-0.25, -0.2) is 9.79 Å². The Balaban J connectivity index is 2.29. The highest BCUT2D eigenvalue weighted by atomic mass is 16.5. The van der Waals surface area contributed by atoms with Gasteiger partial charge in [-0.1, -0.05) is 18.2 Å². The molecular weight excluding hydrogens is 178 g/mol. The number of esters is 1. The minimum absolute atomic E-state index is 0.350. The molecule has 0 unspecified atom stereocenters. The van der Waals surface area contributed by atoms with Crippen molar-refractivity contribution in [3.63, 3.8) is 0 Å².